The number of amides is 1. The molecule has 0 aromatic carbocycles. The van der Waals surface area contributed by atoms with Crippen molar-refractivity contribution in [2.45, 2.75) is 66.4 Å². The Labute approximate surface area is 159 Å². The molecule has 27 heavy (non-hydrogen) atoms. The minimum absolute atomic E-state index is 0.218. The zero-order valence-electron chi connectivity index (χ0n) is 16.8. The Kier molecular flexibility index (Phi) is 6.76. The third-order valence-electron chi connectivity index (χ3n) is 4.06. The Hall–Kier alpha value is -2.64. The standard InChI is InChI=1S/C19H28N4O4/c1-10(2)17-22-14(27-23-17)8-7-9-20-18(24)16-12(5)15(13(6)21-16)19(25)26-11(3)4/h10-11,21H,7-9H2,1-6H3,(H,20,24). The van der Waals surface area contributed by atoms with Crippen LogP contribution in [0.15, 0.2) is 4.52 Å². The average Bonchev–Trinajstić information content (AvgIpc) is 3.15. The van der Waals surface area contributed by atoms with E-state index < -0.39 is 5.97 Å². The van der Waals surface area contributed by atoms with Crippen molar-refractivity contribution in [1.29, 1.82) is 0 Å². The zero-order chi connectivity index (χ0) is 20.1. The highest BCUT2D eigenvalue weighted by atomic mass is 16.5. The molecule has 0 saturated heterocycles. The minimum Gasteiger partial charge on any atom is -0.459 e. The second kappa shape index (κ2) is 8.83. The molecule has 148 valence electrons. The van der Waals surface area contributed by atoms with Gasteiger partial charge in [0.25, 0.3) is 5.91 Å². The number of aryl methyl sites for hydroxylation is 2. The van der Waals surface area contributed by atoms with E-state index in [1.807, 2.05) is 13.8 Å². The van der Waals surface area contributed by atoms with Crippen molar-refractivity contribution >= 4 is 11.9 Å². The van der Waals surface area contributed by atoms with Crippen LogP contribution >= 0.6 is 0 Å². The van der Waals surface area contributed by atoms with E-state index in [0.29, 0.717) is 53.6 Å². The van der Waals surface area contributed by atoms with Crippen molar-refractivity contribution in [3.8, 4) is 0 Å². The molecular weight excluding hydrogens is 348 g/mol. The lowest BCUT2D eigenvalue weighted by Crippen LogP contribution is -2.26. The summed E-state index contributed by atoms with van der Waals surface area (Å²) in [4.78, 5) is 31.9. The number of carbonyl (C=O) groups is 2. The fourth-order valence-corrected chi connectivity index (χ4v) is 2.69. The summed E-state index contributed by atoms with van der Waals surface area (Å²) in [5.74, 6) is 0.795. The molecule has 0 bridgehead atoms. The van der Waals surface area contributed by atoms with Gasteiger partial charge in [0.15, 0.2) is 5.82 Å². The van der Waals surface area contributed by atoms with E-state index in [1.54, 1.807) is 27.7 Å². The Morgan fingerprint density at radius 3 is 2.52 bits per heavy atom. The number of rotatable bonds is 8. The molecule has 2 heterocycles. The van der Waals surface area contributed by atoms with E-state index in [2.05, 4.69) is 20.4 Å². The van der Waals surface area contributed by atoms with E-state index in [-0.39, 0.29) is 17.9 Å². The minimum atomic E-state index is -0.423. The van der Waals surface area contributed by atoms with Crippen molar-refractivity contribution in [2.24, 2.45) is 0 Å². The smallest absolute Gasteiger partial charge is 0.340 e. The molecule has 2 rings (SSSR count). The third kappa shape index (κ3) is 5.18. The van der Waals surface area contributed by atoms with Crippen molar-refractivity contribution in [3.63, 3.8) is 0 Å². The quantitative estimate of drug-likeness (QED) is 0.541. The summed E-state index contributed by atoms with van der Waals surface area (Å²) in [5.41, 5.74) is 2.01. The number of hydrogen-bond acceptors (Lipinski definition) is 6. The van der Waals surface area contributed by atoms with Crippen molar-refractivity contribution in [3.05, 3.63) is 34.2 Å². The number of hydrogen-bond donors (Lipinski definition) is 2. The molecule has 8 heteroatoms. The Morgan fingerprint density at radius 2 is 1.93 bits per heavy atom. The summed E-state index contributed by atoms with van der Waals surface area (Å²) in [6.07, 6.45) is 1.05. The predicted molar refractivity (Wildman–Crippen MR) is 99.9 cm³/mol. The molecule has 0 atom stereocenters. The molecule has 2 aromatic heterocycles. The number of aromatic nitrogens is 3. The molecular formula is C19H28N4O4. The first-order valence-corrected chi connectivity index (χ1v) is 9.21. The van der Waals surface area contributed by atoms with Crippen LogP contribution in [0.2, 0.25) is 0 Å². The second-order valence-corrected chi connectivity index (χ2v) is 7.14. The molecule has 0 fully saturated rings. The van der Waals surface area contributed by atoms with Gasteiger partial charge in [0.2, 0.25) is 5.89 Å². The van der Waals surface area contributed by atoms with Crippen LogP contribution in [0.5, 0.6) is 0 Å². The largest absolute Gasteiger partial charge is 0.459 e. The van der Waals surface area contributed by atoms with Gasteiger partial charge in [-0.05, 0) is 39.7 Å². The fourth-order valence-electron chi connectivity index (χ4n) is 2.69. The molecule has 2 N–H and O–H groups in total. The monoisotopic (exact) mass is 376 g/mol. The van der Waals surface area contributed by atoms with Crippen LogP contribution in [-0.2, 0) is 11.2 Å². The molecule has 0 aliphatic rings. The highest BCUT2D eigenvalue weighted by molar-refractivity contribution is 6.00. The first-order chi connectivity index (χ1) is 12.7. The summed E-state index contributed by atoms with van der Waals surface area (Å²) in [5, 5.41) is 6.76. The summed E-state index contributed by atoms with van der Waals surface area (Å²) < 4.78 is 10.4. The second-order valence-electron chi connectivity index (χ2n) is 7.14. The van der Waals surface area contributed by atoms with Crippen molar-refractivity contribution < 1.29 is 18.8 Å². The van der Waals surface area contributed by atoms with Gasteiger partial charge in [0.05, 0.1) is 11.7 Å². The van der Waals surface area contributed by atoms with Crippen molar-refractivity contribution in [2.75, 3.05) is 6.54 Å². The van der Waals surface area contributed by atoms with Crippen molar-refractivity contribution in [1.82, 2.24) is 20.4 Å². The topological polar surface area (TPSA) is 110 Å². The van der Waals surface area contributed by atoms with Gasteiger partial charge in [0.1, 0.15) is 5.69 Å². The van der Waals surface area contributed by atoms with Crippen LogP contribution in [0, 0.1) is 13.8 Å². The molecule has 0 saturated carbocycles. The number of aromatic amines is 1. The molecule has 8 nitrogen and oxygen atoms in total. The van der Waals surface area contributed by atoms with Gasteiger partial charge in [0, 0.05) is 24.6 Å². The van der Waals surface area contributed by atoms with E-state index >= 15 is 0 Å². The van der Waals surface area contributed by atoms with Gasteiger partial charge in [-0.15, -0.1) is 0 Å². The number of ether oxygens (including phenoxy) is 1. The third-order valence-corrected chi connectivity index (χ3v) is 4.06. The highest BCUT2D eigenvalue weighted by Crippen LogP contribution is 2.19. The lowest BCUT2D eigenvalue weighted by atomic mass is 10.1. The van der Waals surface area contributed by atoms with Gasteiger partial charge in [-0.3, -0.25) is 4.79 Å². The maximum absolute atomic E-state index is 12.4. The van der Waals surface area contributed by atoms with E-state index in [1.165, 1.54) is 0 Å². The molecule has 0 aliphatic heterocycles. The SMILES string of the molecule is Cc1[nH]c(C(=O)NCCCc2nc(C(C)C)no2)c(C)c1C(=O)OC(C)C. The Bertz CT molecular complexity index is 805. The number of carbonyl (C=O) groups excluding carboxylic acids is 2. The van der Waals surface area contributed by atoms with Gasteiger partial charge in [-0.2, -0.15) is 4.98 Å². The number of H-pyrrole nitrogens is 1. The van der Waals surface area contributed by atoms with Crippen LogP contribution in [0.25, 0.3) is 0 Å². The maximum Gasteiger partial charge on any atom is 0.340 e. The summed E-state index contributed by atoms with van der Waals surface area (Å²) in [6.45, 7) is 11.5. The maximum atomic E-state index is 12.4. The molecule has 2 aromatic rings. The lowest BCUT2D eigenvalue weighted by Gasteiger charge is -2.08. The van der Waals surface area contributed by atoms with E-state index in [0.717, 1.165) is 0 Å². The Balaban J connectivity index is 1.91. The lowest BCUT2D eigenvalue weighted by molar-refractivity contribution is 0.0376. The molecule has 0 spiro atoms. The van der Waals surface area contributed by atoms with Crippen LogP contribution in [0.4, 0.5) is 0 Å². The Morgan fingerprint density at radius 1 is 1.22 bits per heavy atom. The molecule has 0 radical (unpaired) electrons. The van der Waals surface area contributed by atoms with Crippen LogP contribution in [-0.4, -0.2) is 39.6 Å². The number of nitrogens with one attached hydrogen (secondary N) is 2. The van der Waals surface area contributed by atoms with E-state index in [9.17, 15) is 9.59 Å². The first kappa shape index (κ1) is 20.7. The van der Waals surface area contributed by atoms with Crippen LogP contribution in [0.3, 0.4) is 0 Å². The number of nitrogens with zero attached hydrogens (tertiary/aromatic N) is 2. The molecule has 0 aliphatic carbocycles. The van der Waals surface area contributed by atoms with Crippen LogP contribution < -0.4 is 5.32 Å². The predicted octanol–water partition coefficient (Wildman–Crippen LogP) is 3.07. The fraction of sp³-hybridized carbons (Fsp3) is 0.579. The summed E-state index contributed by atoms with van der Waals surface area (Å²) in [6, 6.07) is 0. The average molecular weight is 376 g/mol. The summed E-state index contributed by atoms with van der Waals surface area (Å²) in [7, 11) is 0. The molecule has 0 unspecified atom stereocenters. The van der Waals surface area contributed by atoms with Gasteiger partial charge < -0.3 is 19.6 Å². The number of esters is 1. The highest BCUT2D eigenvalue weighted by Gasteiger charge is 2.23. The first-order valence-electron chi connectivity index (χ1n) is 9.21. The van der Waals surface area contributed by atoms with Crippen LogP contribution in [0.1, 0.15) is 83.9 Å². The normalized spacial score (nSPS) is 11.3. The summed E-state index contributed by atoms with van der Waals surface area (Å²) >= 11 is 0. The molecule has 1 amide bonds. The van der Waals surface area contributed by atoms with Gasteiger partial charge in [-0.25, -0.2) is 4.79 Å². The zero-order valence-corrected chi connectivity index (χ0v) is 16.8. The van der Waals surface area contributed by atoms with Gasteiger partial charge in [-0.1, -0.05) is 19.0 Å². The van der Waals surface area contributed by atoms with E-state index in [4.69, 9.17) is 9.26 Å². The van der Waals surface area contributed by atoms with Gasteiger partial charge >= 0.3 is 5.97 Å².